The second kappa shape index (κ2) is 5.99. The van der Waals surface area contributed by atoms with Crippen molar-refractivity contribution in [2.24, 2.45) is 0 Å². The fourth-order valence-corrected chi connectivity index (χ4v) is 3.58. The third kappa shape index (κ3) is 3.10. The van der Waals surface area contributed by atoms with E-state index >= 15 is 0 Å². The van der Waals surface area contributed by atoms with Crippen LogP contribution in [0, 0.1) is 0 Å². The Labute approximate surface area is 138 Å². The molecule has 110 valence electrons. The third-order valence-electron chi connectivity index (χ3n) is 4.09. The van der Waals surface area contributed by atoms with Crippen LogP contribution in [0.2, 0.25) is 5.02 Å². The Morgan fingerprint density at radius 2 is 2.10 bits per heavy atom. The minimum Gasteiger partial charge on any atom is -0.506 e. The number of benzene rings is 2. The quantitative estimate of drug-likeness (QED) is 0.807. The second-order valence-electron chi connectivity index (χ2n) is 5.62. The summed E-state index contributed by atoms with van der Waals surface area (Å²) in [6.45, 7) is 1.93. The zero-order valence-corrected chi connectivity index (χ0v) is 14.2. The lowest BCUT2D eigenvalue weighted by atomic mass is 9.88. The molecule has 1 atom stereocenters. The largest absolute Gasteiger partial charge is 0.506 e. The second-order valence-corrected chi connectivity index (χ2v) is 6.95. The first-order valence-electron chi connectivity index (χ1n) is 7.00. The van der Waals surface area contributed by atoms with E-state index in [2.05, 4.69) is 46.1 Å². The topological polar surface area (TPSA) is 23.5 Å². The summed E-state index contributed by atoms with van der Waals surface area (Å²) in [6.07, 6.45) is 0.955. The summed E-state index contributed by atoms with van der Waals surface area (Å²) in [6, 6.07) is 12.1. The molecule has 1 aliphatic heterocycles. The van der Waals surface area contributed by atoms with Crippen molar-refractivity contribution in [3.05, 3.63) is 62.6 Å². The smallest absolute Gasteiger partial charge is 0.134 e. The van der Waals surface area contributed by atoms with Crippen LogP contribution >= 0.6 is 27.5 Å². The van der Waals surface area contributed by atoms with Gasteiger partial charge in [-0.05, 0) is 54.4 Å². The van der Waals surface area contributed by atoms with Gasteiger partial charge < -0.3 is 10.0 Å². The van der Waals surface area contributed by atoms with Crippen LogP contribution in [-0.2, 0) is 6.42 Å². The predicted molar refractivity (Wildman–Crippen MR) is 90.3 cm³/mol. The van der Waals surface area contributed by atoms with Gasteiger partial charge in [0.05, 0.1) is 5.02 Å². The molecule has 1 N–H and O–H groups in total. The number of halogens is 2. The van der Waals surface area contributed by atoms with Crippen molar-refractivity contribution in [3.8, 4) is 5.75 Å². The zero-order valence-electron chi connectivity index (χ0n) is 11.8. The third-order valence-corrected chi connectivity index (χ3v) is 4.89. The summed E-state index contributed by atoms with van der Waals surface area (Å²) >= 11 is 9.63. The van der Waals surface area contributed by atoms with Crippen molar-refractivity contribution in [2.75, 3.05) is 20.1 Å². The minimum absolute atomic E-state index is 0.167. The van der Waals surface area contributed by atoms with Gasteiger partial charge in [0.2, 0.25) is 0 Å². The lowest BCUT2D eigenvalue weighted by Crippen LogP contribution is -2.24. The fourth-order valence-electron chi connectivity index (χ4n) is 2.98. The van der Waals surface area contributed by atoms with E-state index < -0.39 is 0 Å². The predicted octanol–water partition coefficient (Wildman–Crippen LogP) is 4.43. The van der Waals surface area contributed by atoms with Crippen molar-refractivity contribution in [1.82, 2.24) is 4.90 Å². The van der Waals surface area contributed by atoms with Gasteiger partial charge in [0.25, 0.3) is 0 Å². The normalized spacial score (nSPS) is 19.1. The van der Waals surface area contributed by atoms with E-state index in [1.165, 1.54) is 16.7 Å². The van der Waals surface area contributed by atoms with Crippen LogP contribution in [0.15, 0.2) is 40.9 Å². The minimum atomic E-state index is 0.167. The lowest BCUT2D eigenvalue weighted by molar-refractivity contribution is 0.338. The lowest BCUT2D eigenvalue weighted by Gasteiger charge is -2.22. The van der Waals surface area contributed by atoms with E-state index in [4.69, 9.17) is 11.6 Å². The molecular weight excluding hydrogens is 350 g/mol. The molecule has 0 saturated heterocycles. The monoisotopic (exact) mass is 365 g/mol. The van der Waals surface area contributed by atoms with Gasteiger partial charge in [-0.25, -0.2) is 0 Å². The Kier molecular flexibility index (Phi) is 4.25. The molecule has 2 nitrogen and oxygen atoms in total. The van der Waals surface area contributed by atoms with Gasteiger partial charge in [-0.2, -0.15) is 0 Å². The SMILES string of the molecule is CN1CCc2cc(Cl)c(O)cc2C(c2cccc(Br)c2)C1. The van der Waals surface area contributed by atoms with E-state index in [9.17, 15) is 5.11 Å². The molecule has 4 heteroatoms. The van der Waals surface area contributed by atoms with Crippen LogP contribution in [0.25, 0.3) is 0 Å². The van der Waals surface area contributed by atoms with Gasteiger partial charge in [-0.15, -0.1) is 0 Å². The number of aromatic hydroxyl groups is 1. The number of nitrogens with zero attached hydrogens (tertiary/aromatic N) is 1. The van der Waals surface area contributed by atoms with Gasteiger partial charge in [-0.3, -0.25) is 0 Å². The van der Waals surface area contributed by atoms with E-state index in [-0.39, 0.29) is 11.7 Å². The number of rotatable bonds is 1. The first kappa shape index (κ1) is 14.9. The van der Waals surface area contributed by atoms with Crippen LogP contribution in [0.4, 0.5) is 0 Å². The van der Waals surface area contributed by atoms with Crippen molar-refractivity contribution in [1.29, 1.82) is 0 Å². The van der Waals surface area contributed by atoms with Crippen molar-refractivity contribution < 1.29 is 5.11 Å². The zero-order chi connectivity index (χ0) is 15.0. The van der Waals surface area contributed by atoms with Crippen LogP contribution < -0.4 is 0 Å². The van der Waals surface area contributed by atoms with Crippen LogP contribution in [-0.4, -0.2) is 30.1 Å². The highest BCUT2D eigenvalue weighted by Gasteiger charge is 2.24. The Bertz CT molecular complexity index is 674. The molecule has 0 radical (unpaired) electrons. The number of phenols is 1. The fraction of sp³-hybridized carbons (Fsp3) is 0.294. The summed E-state index contributed by atoms with van der Waals surface area (Å²) in [7, 11) is 2.14. The molecule has 3 rings (SSSR count). The Morgan fingerprint density at radius 3 is 2.86 bits per heavy atom. The Balaban J connectivity index is 2.13. The number of fused-ring (bicyclic) bond motifs is 1. The van der Waals surface area contributed by atoms with Crippen LogP contribution in [0.3, 0.4) is 0 Å². The summed E-state index contributed by atoms with van der Waals surface area (Å²) in [5, 5.41) is 10.4. The van der Waals surface area contributed by atoms with E-state index in [1.807, 2.05) is 18.2 Å². The van der Waals surface area contributed by atoms with E-state index in [0.717, 1.165) is 24.0 Å². The molecule has 1 aliphatic rings. The molecule has 21 heavy (non-hydrogen) atoms. The van der Waals surface area contributed by atoms with Crippen LogP contribution in [0.5, 0.6) is 5.75 Å². The van der Waals surface area contributed by atoms with E-state index in [0.29, 0.717) is 5.02 Å². The van der Waals surface area contributed by atoms with Gasteiger partial charge in [0.15, 0.2) is 0 Å². The molecule has 0 saturated carbocycles. The molecule has 0 amide bonds. The maximum atomic E-state index is 10.00. The highest BCUT2D eigenvalue weighted by atomic mass is 79.9. The number of hydrogen-bond donors (Lipinski definition) is 1. The molecule has 2 aromatic carbocycles. The average molecular weight is 367 g/mol. The molecule has 1 heterocycles. The first-order valence-corrected chi connectivity index (χ1v) is 8.17. The van der Waals surface area contributed by atoms with Crippen molar-refractivity contribution >= 4 is 27.5 Å². The van der Waals surface area contributed by atoms with Crippen molar-refractivity contribution in [3.63, 3.8) is 0 Å². The number of likely N-dealkylation sites (N-methyl/N-ethyl adjacent to an activating group) is 1. The molecular formula is C17H17BrClNO. The highest BCUT2D eigenvalue weighted by molar-refractivity contribution is 9.10. The standard InChI is InChI=1S/C17H17BrClNO/c1-20-6-5-12-8-16(19)17(21)9-14(12)15(10-20)11-3-2-4-13(18)7-11/h2-4,7-9,15,21H,5-6,10H2,1H3. The highest BCUT2D eigenvalue weighted by Crippen LogP contribution is 2.37. The van der Waals surface area contributed by atoms with Crippen molar-refractivity contribution in [2.45, 2.75) is 12.3 Å². The number of phenolic OH excluding ortho intramolecular Hbond substituents is 1. The Hall–Kier alpha value is -1.03. The summed E-state index contributed by atoms with van der Waals surface area (Å²) < 4.78 is 1.08. The molecule has 0 aliphatic carbocycles. The Morgan fingerprint density at radius 1 is 1.29 bits per heavy atom. The summed E-state index contributed by atoms with van der Waals surface area (Å²) in [5.41, 5.74) is 3.66. The molecule has 0 bridgehead atoms. The maximum absolute atomic E-state index is 10.00. The summed E-state index contributed by atoms with van der Waals surface area (Å²) in [5.74, 6) is 0.410. The van der Waals surface area contributed by atoms with Gasteiger partial charge in [0, 0.05) is 23.5 Å². The average Bonchev–Trinajstić information content (AvgIpc) is 2.60. The maximum Gasteiger partial charge on any atom is 0.134 e. The molecule has 2 aromatic rings. The first-order chi connectivity index (χ1) is 10.0. The van der Waals surface area contributed by atoms with Gasteiger partial charge in [0.1, 0.15) is 5.75 Å². The summed E-state index contributed by atoms with van der Waals surface area (Å²) in [4.78, 5) is 2.33. The van der Waals surface area contributed by atoms with Gasteiger partial charge >= 0.3 is 0 Å². The van der Waals surface area contributed by atoms with E-state index in [1.54, 1.807) is 0 Å². The van der Waals surface area contributed by atoms with Crippen LogP contribution in [0.1, 0.15) is 22.6 Å². The molecule has 0 aromatic heterocycles. The molecule has 0 fully saturated rings. The number of hydrogen-bond acceptors (Lipinski definition) is 2. The molecule has 0 spiro atoms. The molecule has 1 unspecified atom stereocenters. The van der Waals surface area contributed by atoms with Gasteiger partial charge in [-0.1, -0.05) is 39.7 Å².